The number of methoxy groups -OCH3 is 1. The van der Waals surface area contributed by atoms with Gasteiger partial charge in [-0.3, -0.25) is 0 Å². The van der Waals surface area contributed by atoms with Gasteiger partial charge in [0, 0.05) is 24.6 Å². The van der Waals surface area contributed by atoms with Crippen LogP contribution >= 0.6 is 7.92 Å². The van der Waals surface area contributed by atoms with E-state index in [0.717, 1.165) is 13.2 Å². The molecule has 1 atom stereocenters. The van der Waals surface area contributed by atoms with Crippen molar-refractivity contribution in [3.63, 3.8) is 0 Å². The van der Waals surface area contributed by atoms with Crippen molar-refractivity contribution < 1.29 is 4.74 Å². The van der Waals surface area contributed by atoms with E-state index in [2.05, 4.69) is 90.7 Å². The summed E-state index contributed by atoms with van der Waals surface area (Å²) in [6.45, 7) is 4.16. The molecule has 0 aliphatic carbocycles. The smallest absolute Gasteiger partial charge is 0.0666 e. The Morgan fingerprint density at radius 2 is 1.54 bits per heavy atom. The summed E-state index contributed by atoms with van der Waals surface area (Å²) in [5.41, 5.74) is 2.78. The summed E-state index contributed by atoms with van der Waals surface area (Å²) in [4.78, 5) is 2.61. The van der Waals surface area contributed by atoms with Crippen LogP contribution in [0.15, 0.2) is 78.9 Å². The highest BCUT2D eigenvalue weighted by atomic mass is 31.1. The Labute approximate surface area is 169 Å². The molecule has 28 heavy (non-hydrogen) atoms. The Kier molecular flexibility index (Phi) is 6.10. The van der Waals surface area contributed by atoms with Crippen molar-refractivity contribution in [3.05, 3.63) is 84.4 Å². The highest BCUT2D eigenvalue weighted by Gasteiger charge is 2.30. The van der Waals surface area contributed by atoms with E-state index in [1.54, 1.807) is 0 Å². The molecule has 0 unspecified atom stereocenters. The molecule has 2 nitrogen and oxygen atoms in total. The molecule has 0 saturated carbocycles. The van der Waals surface area contributed by atoms with Crippen LogP contribution in [0.25, 0.3) is 0 Å². The molecule has 0 radical (unpaired) electrons. The van der Waals surface area contributed by atoms with Crippen molar-refractivity contribution >= 4 is 29.5 Å². The molecule has 1 aliphatic rings. The van der Waals surface area contributed by atoms with Crippen LogP contribution in [0.2, 0.25) is 0 Å². The number of aryl methyl sites for hydroxylation is 1. The van der Waals surface area contributed by atoms with Gasteiger partial charge in [-0.1, -0.05) is 78.9 Å². The molecular formula is C25H28NOP. The van der Waals surface area contributed by atoms with Crippen LogP contribution in [0, 0.1) is 6.92 Å². The summed E-state index contributed by atoms with van der Waals surface area (Å²) in [6.07, 6.45) is 2.44. The minimum absolute atomic E-state index is 0.466. The van der Waals surface area contributed by atoms with Crippen molar-refractivity contribution in [2.75, 3.05) is 25.2 Å². The van der Waals surface area contributed by atoms with Gasteiger partial charge in [0.2, 0.25) is 0 Å². The molecule has 0 amide bonds. The van der Waals surface area contributed by atoms with E-state index in [1.165, 1.54) is 40.0 Å². The number of ether oxygens (including phenoxy) is 1. The molecule has 4 rings (SSSR count). The van der Waals surface area contributed by atoms with E-state index in [-0.39, 0.29) is 0 Å². The third-order valence-electron chi connectivity index (χ3n) is 5.51. The Morgan fingerprint density at radius 3 is 2.14 bits per heavy atom. The minimum Gasteiger partial charge on any atom is -0.383 e. The maximum absolute atomic E-state index is 5.55. The van der Waals surface area contributed by atoms with Gasteiger partial charge in [-0.25, -0.2) is 0 Å². The second kappa shape index (κ2) is 8.90. The van der Waals surface area contributed by atoms with Gasteiger partial charge in [0.1, 0.15) is 0 Å². The van der Waals surface area contributed by atoms with Crippen LogP contribution in [0.1, 0.15) is 18.4 Å². The zero-order valence-electron chi connectivity index (χ0n) is 16.7. The lowest BCUT2D eigenvalue weighted by atomic mass is 10.1. The molecule has 3 aromatic rings. The van der Waals surface area contributed by atoms with E-state index in [4.69, 9.17) is 4.74 Å². The number of hydrogen-bond donors (Lipinski definition) is 0. The van der Waals surface area contributed by atoms with Gasteiger partial charge in [0.25, 0.3) is 0 Å². The van der Waals surface area contributed by atoms with E-state index < -0.39 is 7.92 Å². The molecular weight excluding hydrogens is 361 g/mol. The maximum Gasteiger partial charge on any atom is 0.0666 e. The number of benzene rings is 3. The number of hydrogen-bond acceptors (Lipinski definition) is 2. The normalized spacial score (nSPS) is 16.7. The molecule has 1 fully saturated rings. The zero-order valence-corrected chi connectivity index (χ0v) is 17.6. The predicted octanol–water partition coefficient (Wildman–Crippen LogP) is 4.37. The molecule has 0 aromatic heterocycles. The van der Waals surface area contributed by atoms with E-state index in [9.17, 15) is 0 Å². The molecule has 1 aliphatic heterocycles. The summed E-state index contributed by atoms with van der Waals surface area (Å²) < 4.78 is 5.55. The number of nitrogens with zero attached hydrogens (tertiary/aromatic N) is 1. The Balaban J connectivity index is 1.87. The van der Waals surface area contributed by atoms with Gasteiger partial charge >= 0.3 is 0 Å². The Morgan fingerprint density at radius 1 is 0.893 bits per heavy atom. The summed E-state index contributed by atoms with van der Waals surface area (Å²) in [6, 6.07) is 29.2. The van der Waals surface area contributed by atoms with Crippen molar-refractivity contribution in [2.24, 2.45) is 0 Å². The first-order valence-corrected chi connectivity index (χ1v) is 11.4. The van der Waals surface area contributed by atoms with Gasteiger partial charge in [-0.15, -0.1) is 0 Å². The lowest BCUT2D eigenvalue weighted by Crippen LogP contribution is -2.37. The van der Waals surface area contributed by atoms with E-state index in [0.29, 0.717) is 6.04 Å². The fourth-order valence-corrected chi connectivity index (χ4v) is 6.82. The first-order chi connectivity index (χ1) is 13.8. The standard InChI is InChI=1S/C25H28NOP/c1-20-11-9-17-24(25(20)26-18-10-12-21(26)19-27-2)28(22-13-5-3-6-14-22)23-15-7-4-8-16-23/h3-9,11,13-17,21H,10,12,18-19H2,1-2H3/t21-/m1/s1. The fourth-order valence-electron chi connectivity index (χ4n) is 4.27. The van der Waals surface area contributed by atoms with Crippen LogP contribution < -0.4 is 20.8 Å². The topological polar surface area (TPSA) is 12.5 Å². The van der Waals surface area contributed by atoms with Crippen LogP contribution in [-0.2, 0) is 4.74 Å². The van der Waals surface area contributed by atoms with Crippen LogP contribution in [0.5, 0.6) is 0 Å². The number of para-hydroxylation sites is 1. The SMILES string of the molecule is COC[C@H]1CCCN1c1c(C)cccc1P(c1ccccc1)c1ccccc1. The highest BCUT2D eigenvalue weighted by molar-refractivity contribution is 7.80. The van der Waals surface area contributed by atoms with Gasteiger partial charge in [-0.2, -0.15) is 0 Å². The minimum atomic E-state index is -0.610. The monoisotopic (exact) mass is 389 g/mol. The third kappa shape index (κ3) is 3.85. The van der Waals surface area contributed by atoms with Crippen molar-refractivity contribution in [2.45, 2.75) is 25.8 Å². The predicted molar refractivity (Wildman–Crippen MR) is 122 cm³/mol. The summed E-state index contributed by atoms with van der Waals surface area (Å²) in [5, 5.41) is 4.26. The Bertz CT molecular complexity index is 857. The number of anilines is 1. The average molecular weight is 389 g/mol. The quantitative estimate of drug-likeness (QED) is 0.581. The lowest BCUT2D eigenvalue weighted by Gasteiger charge is -2.33. The maximum atomic E-state index is 5.55. The largest absolute Gasteiger partial charge is 0.383 e. The highest BCUT2D eigenvalue weighted by Crippen LogP contribution is 2.39. The Hall–Kier alpha value is -2.15. The molecule has 144 valence electrons. The molecule has 1 heterocycles. The summed E-state index contributed by atoms with van der Waals surface area (Å²) in [5.74, 6) is 0. The van der Waals surface area contributed by atoms with Crippen LogP contribution in [0.4, 0.5) is 5.69 Å². The zero-order chi connectivity index (χ0) is 19.3. The van der Waals surface area contributed by atoms with Gasteiger partial charge in [-0.05, 0) is 43.9 Å². The summed E-state index contributed by atoms with van der Waals surface area (Å²) in [7, 11) is 1.21. The van der Waals surface area contributed by atoms with Gasteiger partial charge in [0.05, 0.1) is 12.6 Å². The van der Waals surface area contributed by atoms with Gasteiger partial charge in [0.15, 0.2) is 0 Å². The van der Waals surface area contributed by atoms with Crippen molar-refractivity contribution in [1.82, 2.24) is 0 Å². The average Bonchev–Trinajstić information content (AvgIpc) is 3.18. The van der Waals surface area contributed by atoms with Gasteiger partial charge < -0.3 is 9.64 Å². The first kappa shape index (κ1) is 19.2. The van der Waals surface area contributed by atoms with Crippen molar-refractivity contribution in [3.8, 4) is 0 Å². The molecule has 3 aromatic carbocycles. The molecule has 0 N–H and O–H groups in total. The van der Waals surface area contributed by atoms with E-state index >= 15 is 0 Å². The molecule has 3 heteroatoms. The second-order valence-electron chi connectivity index (χ2n) is 7.39. The van der Waals surface area contributed by atoms with Crippen LogP contribution in [0.3, 0.4) is 0 Å². The van der Waals surface area contributed by atoms with Crippen LogP contribution in [-0.4, -0.2) is 26.3 Å². The first-order valence-electron chi connectivity index (χ1n) is 10.0. The molecule has 0 spiro atoms. The second-order valence-corrected chi connectivity index (χ2v) is 9.58. The van der Waals surface area contributed by atoms with E-state index in [1.807, 2.05) is 7.11 Å². The lowest BCUT2D eigenvalue weighted by molar-refractivity contribution is 0.181. The number of rotatable bonds is 6. The third-order valence-corrected chi connectivity index (χ3v) is 7.98. The molecule has 1 saturated heterocycles. The summed E-state index contributed by atoms with van der Waals surface area (Å²) >= 11 is 0. The fraction of sp³-hybridized carbons (Fsp3) is 0.280. The molecule has 0 bridgehead atoms. The van der Waals surface area contributed by atoms with Crippen molar-refractivity contribution in [1.29, 1.82) is 0 Å².